The highest BCUT2D eigenvalue weighted by atomic mass is 16.5. The number of rotatable bonds is 2. The Kier molecular flexibility index (Phi) is 2.50. The van der Waals surface area contributed by atoms with Crippen LogP contribution in [-0.2, 0) is 10.3 Å². The lowest BCUT2D eigenvalue weighted by Crippen LogP contribution is -2.19. The molecule has 1 aromatic carbocycles. The Labute approximate surface area is 96.6 Å². The smallest absolute Gasteiger partial charge is 0.135 e. The summed E-state index contributed by atoms with van der Waals surface area (Å²) >= 11 is 0. The molecule has 2 nitrogen and oxygen atoms in total. The van der Waals surface area contributed by atoms with Gasteiger partial charge in [-0.2, -0.15) is 0 Å². The molecule has 1 aliphatic heterocycles. The number of hydrogen-bond acceptors (Lipinski definition) is 2. The monoisotopic (exact) mass is 215 g/mol. The molecule has 1 N–H and O–H groups in total. The highest BCUT2D eigenvalue weighted by molar-refractivity contribution is 5.46. The van der Waals surface area contributed by atoms with E-state index in [0.717, 1.165) is 23.2 Å². The second-order valence-corrected chi connectivity index (χ2v) is 4.36. The number of anilines is 1. The van der Waals surface area contributed by atoms with Crippen LogP contribution >= 0.6 is 0 Å². The van der Waals surface area contributed by atoms with Crippen LogP contribution in [0.3, 0.4) is 0 Å². The summed E-state index contributed by atoms with van der Waals surface area (Å²) < 4.78 is 5.81. The second kappa shape index (κ2) is 3.71. The summed E-state index contributed by atoms with van der Waals surface area (Å²) in [7, 11) is 1.91. The first kappa shape index (κ1) is 10.8. The Balaban J connectivity index is 2.30. The van der Waals surface area contributed by atoms with Crippen LogP contribution in [-0.4, -0.2) is 7.05 Å². The maximum absolute atomic E-state index is 5.81. The van der Waals surface area contributed by atoms with E-state index in [4.69, 9.17) is 4.74 Å². The molecule has 1 aromatic rings. The highest BCUT2D eigenvalue weighted by Gasteiger charge is 2.36. The number of benzene rings is 1. The largest absolute Gasteiger partial charge is 0.483 e. The van der Waals surface area contributed by atoms with Crippen LogP contribution in [0.5, 0.6) is 0 Å². The molecule has 1 heterocycles. The molecule has 0 aliphatic carbocycles. The maximum atomic E-state index is 5.81. The zero-order valence-corrected chi connectivity index (χ0v) is 9.84. The van der Waals surface area contributed by atoms with E-state index in [1.807, 2.05) is 19.2 Å². The molecule has 2 rings (SSSR count). The fourth-order valence-electron chi connectivity index (χ4n) is 2.04. The predicted octanol–water partition coefficient (Wildman–Crippen LogP) is 3.43. The third kappa shape index (κ3) is 1.71. The van der Waals surface area contributed by atoms with Gasteiger partial charge in [0.05, 0.1) is 0 Å². The van der Waals surface area contributed by atoms with Crippen molar-refractivity contribution in [1.82, 2.24) is 0 Å². The summed E-state index contributed by atoms with van der Waals surface area (Å²) in [6.45, 7) is 9.88. The van der Waals surface area contributed by atoms with Crippen molar-refractivity contribution in [3.8, 4) is 0 Å². The SMILES string of the molecule is C=C1CC(C)(c2ccc(NC)cc2)OC1=C. The zero-order valence-electron chi connectivity index (χ0n) is 9.84. The first-order valence-electron chi connectivity index (χ1n) is 5.39. The fourth-order valence-corrected chi connectivity index (χ4v) is 2.04. The number of allylic oxidation sites excluding steroid dienone is 1. The van der Waals surface area contributed by atoms with Gasteiger partial charge in [0.1, 0.15) is 11.4 Å². The molecule has 1 atom stereocenters. The molecule has 0 saturated carbocycles. The lowest BCUT2D eigenvalue weighted by Gasteiger charge is -2.24. The van der Waals surface area contributed by atoms with Crippen molar-refractivity contribution >= 4 is 5.69 Å². The molecule has 0 bridgehead atoms. The molecular formula is C14H17NO. The molecule has 84 valence electrons. The van der Waals surface area contributed by atoms with Crippen molar-refractivity contribution in [1.29, 1.82) is 0 Å². The second-order valence-electron chi connectivity index (χ2n) is 4.36. The third-order valence-corrected chi connectivity index (χ3v) is 3.08. The van der Waals surface area contributed by atoms with Crippen LogP contribution in [0.1, 0.15) is 18.9 Å². The summed E-state index contributed by atoms with van der Waals surface area (Å²) in [6, 6.07) is 8.26. The van der Waals surface area contributed by atoms with E-state index in [9.17, 15) is 0 Å². The van der Waals surface area contributed by atoms with E-state index in [0.29, 0.717) is 5.76 Å². The standard InChI is InChI=1S/C14H17NO/c1-10-9-14(3,16-11(10)2)12-5-7-13(15-4)8-6-12/h5-8,15H,1-2,9H2,3-4H3. The predicted molar refractivity (Wildman–Crippen MR) is 67.3 cm³/mol. The van der Waals surface area contributed by atoms with Gasteiger partial charge < -0.3 is 10.1 Å². The van der Waals surface area contributed by atoms with Crippen LogP contribution in [0.25, 0.3) is 0 Å². The molecule has 1 fully saturated rings. The molecule has 0 radical (unpaired) electrons. The summed E-state index contributed by atoms with van der Waals surface area (Å²) in [5.74, 6) is 0.709. The Morgan fingerprint density at radius 1 is 1.25 bits per heavy atom. The van der Waals surface area contributed by atoms with Gasteiger partial charge in [-0.1, -0.05) is 25.3 Å². The van der Waals surface area contributed by atoms with Gasteiger partial charge in [-0.05, 0) is 30.2 Å². The van der Waals surface area contributed by atoms with E-state index in [1.54, 1.807) is 0 Å². The van der Waals surface area contributed by atoms with E-state index in [-0.39, 0.29) is 5.60 Å². The summed E-state index contributed by atoms with van der Waals surface area (Å²) in [4.78, 5) is 0. The summed E-state index contributed by atoms with van der Waals surface area (Å²) in [5, 5.41) is 3.10. The molecule has 0 spiro atoms. The average molecular weight is 215 g/mol. The van der Waals surface area contributed by atoms with Crippen molar-refractivity contribution in [2.24, 2.45) is 0 Å². The van der Waals surface area contributed by atoms with Crippen molar-refractivity contribution in [3.63, 3.8) is 0 Å². The van der Waals surface area contributed by atoms with Crippen molar-refractivity contribution < 1.29 is 4.74 Å². The molecule has 2 heteroatoms. The quantitative estimate of drug-likeness (QED) is 0.816. The van der Waals surface area contributed by atoms with E-state index >= 15 is 0 Å². The minimum atomic E-state index is -0.305. The zero-order chi connectivity index (χ0) is 11.8. The summed E-state index contributed by atoms with van der Waals surface area (Å²) in [5.41, 5.74) is 2.94. The van der Waals surface area contributed by atoms with Gasteiger partial charge >= 0.3 is 0 Å². The van der Waals surface area contributed by atoms with Gasteiger partial charge in [-0.15, -0.1) is 0 Å². The van der Waals surface area contributed by atoms with Crippen LogP contribution in [0.15, 0.2) is 48.8 Å². The maximum Gasteiger partial charge on any atom is 0.135 e. The van der Waals surface area contributed by atoms with Crippen LogP contribution in [0, 0.1) is 0 Å². The molecule has 0 aromatic heterocycles. The molecule has 0 amide bonds. The number of hydrogen-bond donors (Lipinski definition) is 1. The minimum absolute atomic E-state index is 0.305. The Morgan fingerprint density at radius 3 is 2.31 bits per heavy atom. The van der Waals surface area contributed by atoms with Gasteiger partial charge in [0.2, 0.25) is 0 Å². The topological polar surface area (TPSA) is 21.3 Å². The lowest BCUT2D eigenvalue weighted by molar-refractivity contribution is 0.0560. The van der Waals surface area contributed by atoms with E-state index in [2.05, 4.69) is 37.5 Å². The van der Waals surface area contributed by atoms with Crippen molar-refractivity contribution in [3.05, 3.63) is 54.3 Å². The van der Waals surface area contributed by atoms with Crippen LogP contribution < -0.4 is 5.32 Å². The highest BCUT2D eigenvalue weighted by Crippen LogP contribution is 2.42. The Bertz CT molecular complexity index is 415. The molecular weight excluding hydrogens is 198 g/mol. The molecule has 1 unspecified atom stereocenters. The van der Waals surface area contributed by atoms with Gasteiger partial charge in [-0.3, -0.25) is 0 Å². The first-order chi connectivity index (χ1) is 7.55. The fraction of sp³-hybridized carbons (Fsp3) is 0.286. The minimum Gasteiger partial charge on any atom is -0.483 e. The normalized spacial score (nSPS) is 24.4. The molecule has 16 heavy (non-hydrogen) atoms. The molecule has 1 saturated heterocycles. The van der Waals surface area contributed by atoms with Crippen molar-refractivity contribution in [2.45, 2.75) is 18.9 Å². The summed E-state index contributed by atoms with van der Waals surface area (Å²) in [6.07, 6.45) is 0.810. The lowest BCUT2D eigenvalue weighted by atomic mass is 9.91. The van der Waals surface area contributed by atoms with Crippen LogP contribution in [0.4, 0.5) is 5.69 Å². The van der Waals surface area contributed by atoms with Gasteiger partial charge in [0.25, 0.3) is 0 Å². The van der Waals surface area contributed by atoms with Gasteiger partial charge in [0.15, 0.2) is 0 Å². The van der Waals surface area contributed by atoms with Gasteiger partial charge in [-0.25, -0.2) is 0 Å². The Morgan fingerprint density at radius 2 is 1.88 bits per heavy atom. The van der Waals surface area contributed by atoms with Crippen molar-refractivity contribution in [2.75, 3.05) is 12.4 Å². The number of ether oxygens (including phenoxy) is 1. The van der Waals surface area contributed by atoms with E-state index < -0.39 is 0 Å². The third-order valence-electron chi connectivity index (χ3n) is 3.08. The van der Waals surface area contributed by atoms with Crippen LogP contribution in [0.2, 0.25) is 0 Å². The Hall–Kier alpha value is -1.70. The van der Waals surface area contributed by atoms with E-state index in [1.165, 1.54) is 0 Å². The average Bonchev–Trinajstić information content (AvgIpc) is 2.54. The first-order valence-corrected chi connectivity index (χ1v) is 5.39. The number of nitrogens with one attached hydrogen (secondary N) is 1. The van der Waals surface area contributed by atoms with Gasteiger partial charge in [0, 0.05) is 19.2 Å². The molecule has 1 aliphatic rings.